The van der Waals surface area contributed by atoms with Gasteiger partial charge in [-0.1, -0.05) is 26.4 Å². The molecule has 1 fully saturated rings. The molecule has 0 bridgehead atoms. The predicted molar refractivity (Wildman–Crippen MR) is 57.3 cm³/mol. The quantitative estimate of drug-likeness (QED) is 0.596. The highest BCUT2D eigenvalue weighted by atomic mass is 28.4. The van der Waals surface area contributed by atoms with Crippen molar-refractivity contribution in [2.75, 3.05) is 6.54 Å². The van der Waals surface area contributed by atoms with E-state index in [4.69, 9.17) is 0 Å². The third kappa shape index (κ3) is 2.42. The van der Waals surface area contributed by atoms with Crippen molar-refractivity contribution in [1.82, 2.24) is 4.23 Å². The lowest BCUT2D eigenvalue weighted by atomic mass is 10.5. The Morgan fingerprint density at radius 2 is 1.73 bits per heavy atom. The molecule has 1 rings (SSSR count). The van der Waals surface area contributed by atoms with E-state index in [-0.39, 0.29) is 17.9 Å². The Morgan fingerprint density at radius 1 is 1.18 bits per heavy atom. The van der Waals surface area contributed by atoms with Crippen LogP contribution in [0.5, 0.6) is 0 Å². The van der Waals surface area contributed by atoms with Gasteiger partial charge >= 0.3 is 0 Å². The summed E-state index contributed by atoms with van der Waals surface area (Å²) in [6.07, 6.45) is 2.93. The fraction of sp³-hybridized carbons (Fsp3) is 1.00. The van der Waals surface area contributed by atoms with Crippen molar-refractivity contribution in [3.05, 3.63) is 0 Å². The molecule has 0 spiro atoms. The summed E-state index contributed by atoms with van der Waals surface area (Å²) >= 11 is 0. The van der Waals surface area contributed by atoms with Gasteiger partial charge in [0, 0.05) is 0 Å². The standard InChI is InChI=1S/C8H21NSi2/c1-4-6-9-10(2)7-5-8-11(9)3/h10-11H,4-8H2,1-3H3. The van der Waals surface area contributed by atoms with Gasteiger partial charge < -0.3 is 4.23 Å². The Kier molecular flexibility index (Phi) is 3.82. The van der Waals surface area contributed by atoms with Gasteiger partial charge in [0.25, 0.3) is 0 Å². The summed E-state index contributed by atoms with van der Waals surface area (Å²) in [6.45, 7) is 8.81. The molecule has 0 aromatic carbocycles. The number of hydrogen-bond acceptors (Lipinski definition) is 1. The molecule has 2 unspecified atom stereocenters. The molecule has 2 atom stereocenters. The molecule has 0 amide bonds. The summed E-state index contributed by atoms with van der Waals surface area (Å²) in [4.78, 5) is 0. The largest absolute Gasteiger partial charge is 0.350 e. The van der Waals surface area contributed by atoms with Crippen LogP contribution in [-0.4, -0.2) is 28.7 Å². The monoisotopic (exact) mass is 187 g/mol. The Balaban J connectivity index is 2.41. The highest BCUT2D eigenvalue weighted by Gasteiger charge is 2.25. The third-order valence-electron chi connectivity index (χ3n) is 2.86. The van der Waals surface area contributed by atoms with E-state index in [1.807, 2.05) is 0 Å². The maximum atomic E-state index is 2.93. The molecule has 1 aliphatic heterocycles. The molecular formula is C8H21NSi2. The van der Waals surface area contributed by atoms with E-state index in [9.17, 15) is 0 Å². The lowest BCUT2D eigenvalue weighted by Gasteiger charge is -2.37. The first kappa shape index (κ1) is 9.48. The van der Waals surface area contributed by atoms with Gasteiger partial charge in [-0.15, -0.1) is 0 Å². The van der Waals surface area contributed by atoms with Crippen LogP contribution in [0, 0.1) is 0 Å². The van der Waals surface area contributed by atoms with E-state index >= 15 is 0 Å². The highest BCUT2D eigenvalue weighted by molar-refractivity contribution is 6.72. The van der Waals surface area contributed by atoms with Crippen LogP contribution >= 0.6 is 0 Å². The van der Waals surface area contributed by atoms with Gasteiger partial charge in [0.1, 0.15) is 17.9 Å². The lowest BCUT2D eigenvalue weighted by molar-refractivity contribution is 0.601. The van der Waals surface area contributed by atoms with Crippen molar-refractivity contribution in [2.24, 2.45) is 0 Å². The van der Waals surface area contributed by atoms with Gasteiger partial charge in [-0.25, -0.2) is 0 Å². The van der Waals surface area contributed by atoms with Gasteiger partial charge in [0.2, 0.25) is 0 Å². The molecule has 1 saturated heterocycles. The van der Waals surface area contributed by atoms with Gasteiger partial charge in [0.15, 0.2) is 0 Å². The van der Waals surface area contributed by atoms with Crippen LogP contribution in [0.25, 0.3) is 0 Å². The lowest BCUT2D eigenvalue weighted by Crippen LogP contribution is -2.49. The van der Waals surface area contributed by atoms with E-state index in [2.05, 4.69) is 24.2 Å². The van der Waals surface area contributed by atoms with Crippen LogP contribution in [0.15, 0.2) is 0 Å². The van der Waals surface area contributed by atoms with Crippen LogP contribution < -0.4 is 0 Å². The minimum atomic E-state index is -0.390. The number of nitrogens with zero attached hydrogens (tertiary/aromatic N) is 1. The van der Waals surface area contributed by atoms with Gasteiger partial charge in [-0.3, -0.25) is 0 Å². The van der Waals surface area contributed by atoms with Crippen molar-refractivity contribution in [1.29, 1.82) is 0 Å². The molecule has 3 heteroatoms. The Hall–Kier alpha value is 0.394. The zero-order valence-electron chi connectivity index (χ0n) is 8.14. The fourth-order valence-corrected chi connectivity index (χ4v) is 10.7. The summed E-state index contributed by atoms with van der Waals surface area (Å²) in [5, 5.41) is 0. The van der Waals surface area contributed by atoms with Crippen LogP contribution in [0.1, 0.15) is 19.8 Å². The van der Waals surface area contributed by atoms with E-state index in [1.54, 1.807) is 18.5 Å². The second-order valence-corrected chi connectivity index (χ2v) is 10.3. The van der Waals surface area contributed by atoms with Crippen molar-refractivity contribution in [2.45, 2.75) is 44.9 Å². The predicted octanol–water partition coefficient (Wildman–Crippen LogP) is 1.81. The Labute approximate surface area is 74.2 Å². The van der Waals surface area contributed by atoms with Crippen LogP contribution in [-0.2, 0) is 0 Å². The molecule has 11 heavy (non-hydrogen) atoms. The van der Waals surface area contributed by atoms with Crippen LogP contribution in [0.3, 0.4) is 0 Å². The summed E-state index contributed by atoms with van der Waals surface area (Å²) in [7, 11) is -0.780. The second kappa shape index (κ2) is 4.43. The molecule has 0 N–H and O–H groups in total. The second-order valence-electron chi connectivity index (χ2n) is 3.87. The molecule has 0 aliphatic carbocycles. The average Bonchev–Trinajstić information content (AvgIpc) is 1.97. The molecule has 0 aromatic rings. The summed E-state index contributed by atoms with van der Waals surface area (Å²) in [5.74, 6) is 0. The maximum absolute atomic E-state index is 2.93. The summed E-state index contributed by atoms with van der Waals surface area (Å²) in [5.41, 5.74) is 0. The first-order valence-electron chi connectivity index (χ1n) is 5.01. The molecule has 1 nitrogen and oxygen atoms in total. The minimum absolute atomic E-state index is 0.390. The van der Waals surface area contributed by atoms with Crippen molar-refractivity contribution in [3.63, 3.8) is 0 Å². The molecule has 66 valence electrons. The molecular weight excluding hydrogens is 166 g/mol. The first-order valence-corrected chi connectivity index (χ1v) is 9.99. The van der Waals surface area contributed by atoms with Crippen molar-refractivity contribution in [3.8, 4) is 0 Å². The zero-order chi connectivity index (χ0) is 8.27. The van der Waals surface area contributed by atoms with Gasteiger partial charge in [-0.2, -0.15) is 0 Å². The van der Waals surface area contributed by atoms with Gasteiger partial charge in [-0.05, 0) is 25.1 Å². The fourth-order valence-electron chi connectivity index (χ4n) is 2.17. The highest BCUT2D eigenvalue weighted by Crippen LogP contribution is 2.19. The summed E-state index contributed by atoms with van der Waals surface area (Å²) < 4.78 is 2.93. The number of hydrogen-bond donors (Lipinski definition) is 0. The molecule has 0 aromatic heterocycles. The smallest absolute Gasteiger partial charge is 0.101 e. The first-order chi connectivity index (χ1) is 5.25. The summed E-state index contributed by atoms with van der Waals surface area (Å²) in [6, 6.07) is 3.16. The Morgan fingerprint density at radius 3 is 2.18 bits per heavy atom. The third-order valence-corrected chi connectivity index (χ3v) is 11.2. The number of rotatable bonds is 2. The van der Waals surface area contributed by atoms with Gasteiger partial charge in [0.05, 0.1) is 0 Å². The maximum Gasteiger partial charge on any atom is 0.101 e. The average molecular weight is 187 g/mol. The van der Waals surface area contributed by atoms with E-state index in [0.29, 0.717) is 0 Å². The van der Waals surface area contributed by atoms with Crippen molar-refractivity contribution >= 4 is 17.9 Å². The molecule has 1 aliphatic rings. The van der Waals surface area contributed by atoms with E-state index in [0.717, 1.165) is 0 Å². The van der Waals surface area contributed by atoms with Crippen molar-refractivity contribution < 1.29 is 0 Å². The van der Waals surface area contributed by atoms with Crippen LogP contribution in [0.2, 0.25) is 25.2 Å². The molecule has 1 heterocycles. The Bertz CT molecular complexity index is 109. The SMILES string of the molecule is CCCN1[SiH](C)CCC[SiH]1C. The van der Waals surface area contributed by atoms with E-state index in [1.165, 1.54) is 13.0 Å². The normalized spacial score (nSPS) is 34.1. The molecule has 0 saturated carbocycles. The zero-order valence-corrected chi connectivity index (χ0v) is 10.4. The minimum Gasteiger partial charge on any atom is -0.350 e. The molecule has 0 radical (unpaired) electrons. The van der Waals surface area contributed by atoms with E-state index < -0.39 is 0 Å². The topological polar surface area (TPSA) is 3.24 Å². The van der Waals surface area contributed by atoms with Crippen LogP contribution in [0.4, 0.5) is 0 Å².